The van der Waals surface area contributed by atoms with Gasteiger partial charge in [-0.3, -0.25) is 4.79 Å². The van der Waals surface area contributed by atoms with Gasteiger partial charge in [0.2, 0.25) is 5.91 Å². The molecular weight excluding hydrogens is 224 g/mol. The molecule has 96 valence electrons. The van der Waals surface area contributed by atoms with Crippen LogP contribution in [0.3, 0.4) is 0 Å². The Morgan fingerprint density at radius 1 is 1.53 bits per heavy atom. The van der Waals surface area contributed by atoms with Crippen molar-refractivity contribution in [1.29, 1.82) is 0 Å². The molecule has 0 radical (unpaired) electrons. The zero-order valence-corrected chi connectivity index (χ0v) is 10.1. The zero-order valence-electron chi connectivity index (χ0n) is 10.1. The van der Waals surface area contributed by atoms with Gasteiger partial charge in [-0.1, -0.05) is 12.8 Å². The summed E-state index contributed by atoms with van der Waals surface area (Å²) in [5, 5.41) is 2.29. The number of alkyl carbamates (subject to hydrolysis) is 1. The van der Waals surface area contributed by atoms with Crippen LogP contribution in [0.4, 0.5) is 4.79 Å². The SMILES string of the molecule is COC(=O)NCC(=O)N(C)[C@H](C=O)CC1CC1. The second-order valence-corrected chi connectivity index (χ2v) is 4.23. The van der Waals surface area contributed by atoms with Crippen LogP contribution in [0.2, 0.25) is 0 Å². The molecule has 0 aromatic carbocycles. The molecule has 17 heavy (non-hydrogen) atoms. The molecule has 0 aromatic rings. The number of ether oxygens (including phenoxy) is 1. The summed E-state index contributed by atoms with van der Waals surface area (Å²) >= 11 is 0. The Balaban J connectivity index is 2.36. The smallest absolute Gasteiger partial charge is 0.407 e. The highest BCUT2D eigenvalue weighted by Gasteiger charge is 2.29. The molecule has 1 aliphatic carbocycles. The van der Waals surface area contributed by atoms with Crippen molar-refractivity contribution in [1.82, 2.24) is 10.2 Å². The molecule has 1 N–H and O–H groups in total. The summed E-state index contributed by atoms with van der Waals surface area (Å²) < 4.78 is 4.35. The van der Waals surface area contributed by atoms with Crippen molar-refractivity contribution in [3.05, 3.63) is 0 Å². The van der Waals surface area contributed by atoms with E-state index in [0.29, 0.717) is 12.3 Å². The molecule has 6 heteroatoms. The van der Waals surface area contributed by atoms with E-state index in [9.17, 15) is 14.4 Å². The van der Waals surface area contributed by atoms with Gasteiger partial charge < -0.3 is 19.7 Å². The van der Waals surface area contributed by atoms with Gasteiger partial charge in [0.05, 0.1) is 13.2 Å². The van der Waals surface area contributed by atoms with Crippen LogP contribution in [0.25, 0.3) is 0 Å². The number of nitrogens with zero attached hydrogens (tertiary/aromatic N) is 1. The van der Waals surface area contributed by atoms with Crippen molar-refractivity contribution in [3.63, 3.8) is 0 Å². The van der Waals surface area contributed by atoms with Crippen molar-refractivity contribution in [3.8, 4) is 0 Å². The van der Waals surface area contributed by atoms with Crippen LogP contribution in [-0.2, 0) is 14.3 Å². The highest BCUT2D eigenvalue weighted by molar-refractivity contribution is 5.84. The predicted octanol–water partition coefficient (Wildman–Crippen LogP) is 0.168. The Morgan fingerprint density at radius 2 is 2.18 bits per heavy atom. The lowest BCUT2D eigenvalue weighted by Crippen LogP contribution is -2.44. The maximum atomic E-state index is 11.7. The van der Waals surface area contributed by atoms with Crippen molar-refractivity contribution >= 4 is 18.3 Å². The van der Waals surface area contributed by atoms with Gasteiger partial charge in [-0.05, 0) is 12.3 Å². The number of carbonyl (C=O) groups is 3. The van der Waals surface area contributed by atoms with Crippen LogP contribution in [0, 0.1) is 5.92 Å². The average molecular weight is 242 g/mol. The summed E-state index contributed by atoms with van der Waals surface area (Å²) in [5.74, 6) is 0.266. The van der Waals surface area contributed by atoms with Gasteiger partial charge in [0.1, 0.15) is 12.8 Å². The first-order valence-corrected chi connectivity index (χ1v) is 5.61. The molecule has 0 spiro atoms. The quantitative estimate of drug-likeness (QED) is 0.674. The maximum Gasteiger partial charge on any atom is 0.407 e. The summed E-state index contributed by atoms with van der Waals surface area (Å²) in [6.45, 7) is -0.155. The van der Waals surface area contributed by atoms with Gasteiger partial charge in [0.15, 0.2) is 0 Å². The van der Waals surface area contributed by atoms with E-state index in [1.54, 1.807) is 7.05 Å². The lowest BCUT2D eigenvalue weighted by Gasteiger charge is -2.23. The fourth-order valence-corrected chi connectivity index (χ4v) is 1.53. The van der Waals surface area contributed by atoms with Crippen molar-refractivity contribution in [2.24, 2.45) is 5.92 Å². The van der Waals surface area contributed by atoms with Gasteiger partial charge in [0, 0.05) is 7.05 Å². The van der Waals surface area contributed by atoms with E-state index in [4.69, 9.17) is 0 Å². The molecule has 1 rings (SSSR count). The summed E-state index contributed by atoms with van der Waals surface area (Å²) in [6.07, 6.45) is 3.11. The standard InChI is InChI=1S/C11H18N2O4/c1-13(9(7-14)5-8-3-4-8)10(15)6-12-11(16)17-2/h7-9H,3-6H2,1-2H3,(H,12,16)/t9-/m0/s1. The lowest BCUT2D eigenvalue weighted by molar-refractivity contribution is -0.134. The Labute approximate surface area is 100 Å². The van der Waals surface area contributed by atoms with Crippen LogP contribution >= 0.6 is 0 Å². The molecular formula is C11H18N2O4. The fourth-order valence-electron chi connectivity index (χ4n) is 1.53. The molecule has 1 atom stereocenters. The highest BCUT2D eigenvalue weighted by atomic mass is 16.5. The first-order chi connectivity index (χ1) is 8.08. The number of carbonyl (C=O) groups excluding carboxylic acids is 3. The molecule has 0 bridgehead atoms. The number of hydrogen-bond donors (Lipinski definition) is 1. The first-order valence-electron chi connectivity index (χ1n) is 5.61. The predicted molar refractivity (Wildman–Crippen MR) is 60.4 cm³/mol. The van der Waals surface area contributed by atoms with E-state index >= 15 is 0 Å². The molecule has 1 fully saturated rings. The first kappa shape index (κ1) is 13.5. The van der Waals surface area contributed by atoms with Gasteiger partial charge in [-0.25, -0.2) is 4.79 Å². The molecule has 0 aromatic heterocycles. The third kappa shape index (κ3) is 4.42. The molecule has 0 saturated heterocycles. The highest BCUT2D eigenvalue weighted by Crippen LogP contribution is 2.34. The molecule has 6 nitrogen and oxygen atoms in total. The largest absolute Gasteiger partial charge is 0.453 e. The number of amides is 2. The minimum Gasteiger partial charge on any atom is -0.453 e. The number of aldehydes is 1. The van der Waals surface area contributed by atoms with Gasteiger partial charge >= 0.3 is 6.09 Å². The second kappa shape index (κ2) is 6.22. The van der Waals surface area contributed by atoms with E-state index < -0.39 is 12.1 Å². The van der Waals surface area contributed by atoms with E-state index in [2.05, 4.69) is 10.1 Å². The number of nitrogens with one attached hydrogen (secondary N) is 1. The summed E-state index contributed by atoms with van der Waals surface area (Å²) in [4.78, 5) is 34.7. The van der Waals surface area contributed by atoms with Gasteiger partial charge in [0.25, 0.3) is 0 Å². The van der Waals surface area contributed by atoms with E-state index in [-0.39, 0.29) is 12.5 Å². The number of methoxy groups -OCH3 is 1. The topological polar surface area (TPSA) is 75.7 Å². The van der Waals surface area contributed by atoms with Gasteiger partial charge in [-0.15, -0.1) is 0 Å². The Kier molecular flexibility index (Phi) is 4.93. The number of hydrogen-bond acceptors (Lipinski definition) is 4. The van der Waals surface area contributed by atoms with E-state index in [0.717, 1.165) is 19.1 Å². The summed E-state index contributed by atoms with van der Waals surface area (Å²) in [5.41, 5.74) is 0. The summed E-state index contributed by atoms with van der Waals surface area (Å²) in [6, 6.07) is -0.394. The van der Waals surface area contributed by atoms with Crippen molar-refractivity contribution in [2.75, 3.05) is 20.7 Å². The van der Waals surface area contributed by atoms with E-state index in [1.807, 2.05) is 0 Å². The van der Waals surface area contributed by atoms with Crippen LogP contribution in [0.1, 0.15) is 19.3 Å². The summed E-state index contributed by atoms with van der Waals surface area (Å²) in [7, 11) is 2.80. The fraction of sp³-hybridized carbons (Fsp3) is 0.727. The third-order valence-electron chi connectivity index (χ3n) is 2.89. The Bertz CT molecular complexity index is 302. The minimum absolute atomic E-state index is 0.155. The zero-order chi connectivity index (χ0) is 12.8. The molecule has 0 aliphatic heterocycles. The van der Waals surface area contributed by atoms with Crippen LogP contribution < -0.4 is 5.32 Å². The van der Waals surface area contributed by atoms with Crippen LogP contribution in [-0.4, -0.2) is 49.9 Å². The molecule has 0 heterocycles. The maximum absolute atomic E-state index is 11.7. The molecule has 2 amide bonds. The lowest BCUT2D eigenvalue weighted by atomic mass is 10.1. The van der Waals surface area contributed by atoms with Crippen molar-refractivity contribution < 1.29 is 19.1 Å². The average Bonchev–Trinajstić information content (AvgIpc) is 3.15. The number of likely N-dealkylation sites (N-methyl/N-ethyl adjacent to an activating group) is 1. The molecule has 1 aliphatic rings. The normalized spacial score (nSPS) is 15.9. The van der Waals surface area contributed by atoms with Crippen LogP contribution in [0.5, 0.6) is 0 Å². The second-order valence-electron chi connectivity index (χ2n) is 4.23. The minimum atomic E-state index is -0.656. The van der Waals surface area contributed by atoms with Gasteiger partial charge in [-0.2, -0.15) is 0 Å². The monoisotopic (exact) mass is 242 g/mol. The molecule has 0 unspecified atom stereocenters. The number of rotatable bonds is 6. The molecule has 1 saturated carbocycles. The third-order valence-corrected chi connectivity index (χ3v) is 2.89. The van der Waals surface area contributed by atoms with Crippen molar-refractivity contribution in [2.45, 2.75) is 25.3 Å². The Hall–Kier alpha value is -1.59. The Morgan fingerprint density at radius 3 is 2.65 bits per heavy atom. The van der Waals surface area contributed by atoms with Crippen LogP contribution in [0.15, 0.2) is 0 Å². The van der Waals surface area contributed by atoms with E-state index in [1.165, 1.54) is 12.0 Å².